The molecule has 170 valence electrons. The largest absolute Gasteiger partial charge is 0.497 e. The van der Waals surface area contributed by atoms with Crippen LogP contribution in [-0.4, -0.2) is 36.8 Å². The Labute approximate surface area is 196 Å². The minimum Gasteiger partial charge on any atom is -0.497 e. The van der Waals surface area contributed by atoms with E-state index in [0.717, 1.165) is 15.4 Å². The first kappa shape index (κ1) is 22.6. The van der Waals surface area contributed by atoms with Gasteiger partial charge in [-0.1, -0.05) is 23.7 Å². The Kier molecular flexibility index (Phi) is 6.52. The van der Waals surface area contributed by atoms with Gasteiger partial charge in [-0.15, -0.1) is 9.19 Å². The molecule has 8 nitrogen and oxygen atoms in total. The van der Waals surface area contributed by atoms with Gasteiger partial charge in [0.2, 0.25) is 5.95 Å². The SMILES string of the molecule is COc1ccc(CNc2nc(-c3ccc(OC)cc3)nn2S(=O)(=O)c2ccc(Cl)cc2)cc1. The van der Waals surface area contributed by atoms with Gasteiger partial charge in [-0.25, -0.2) is 0 Å². The van der Waals surface area contributed by atoms with Crippen molar-refractivity contribution in [1.82, 2.24) is 14.2 Å². The first-order valence-corrected chi connectivity index (χ1v) is 11.7. The van der Waals surface area contributed by atoms with Gasteiger partial charge in [0, 0.05) is 17.1 Å². The topological polar surface area (TPSA) is 95.3 Å². The molecule has 0 amide bonds. The number of benzene rings is 3. The minimum atomic E-state index is -4.02. The first-order chi connectivity index (χ1) is 15.9. The van der Waals surface area contributed by atoms with Crippen molar-refractivity contribution in [2.75, 3.05) is 19.5 Å². The van der Waals surface area contributed by atoms with Gasteiger partial charge >= 0.3 is 0 Å². The lowest BCUT2D eigenvalue weighted by molar-refractivity contribution is 0.414. The predicted molar refractivity (Wildman–Crippen MR) is 126 cm³/mol. The van der Waals surface area contributed by atoms with Crippen LogP contribution in [0, 0.1) is 0 Å². The molecule has 0 saturated heterocycles. The number of halogens is 1. The molecule has 4 aromatic rings. The van der Waals surface area contributed by atoms with Gasteiger partial charge in [-0.3, -0.25) is 0 Å². The van der Waals surface area contributed by atoms with E-state index in [0.29, 0.717) is 22.9 Å². The molecular weight excluding hydrogens is 464 g/mol. The van der Waals surface area contributed by atoms with Gasteiger partial charge < -0.3 is 14.8 Å². The second-order valence-electron chi connectivity index (χ2n) is 6.99. The van der Waals surface area contributed by atoms with E-state index in [-0.39, 0.29) is 16.7 Å². The number of hydrogen-bond acceptors (Lipinski definition) is 7. The zero-order valence-electron chi connectivity index (χ0n) is 17.9. The molecule has 0 aliphatic carbocycles. The van der Waals surface area contributed by atoms with E-state index in [1.807, 2.05) is 24.3 Å². The summed E-state index contributed by atoms with van der Waals surface area (Å²) in [5.74, 6) is 1.75. The van der Waals surface area contributed by atoms with E-state index >= 15 is 0 Å². The van der Waals surface area contributed by atoms with Crippen LogP contribution in [0.4, 0.5) is 5.95 Å². The van der Waals surface area contributed by atoms with Gasteiger partial charge in [-0.05, 0) is 66.2 Å². The van der Waals surface area contributed by atoms with Gasteiger partial charge in [-0.2, -0.15) is 13.4 Å². The molecule has 0 aliphatic heterocycles. The van der Waals surface area contributed by atoms with Crippen molar-refractivity contribution >= 4 is 27.6 Å². The maximum atomic E-state index is 13.3. The van der Waals surface area contributed by atoms with E-state index in [4.69, 9.17) is 21.1 Å². The Morgan fingerprint density at radius 2 is 1.45 bits per heavy atom. The second kappa shape index (κ2) is 9.51. The molecule has 0 spiro atoms. The highest BCUT2D eigenvalue weighted by molar-refractivity contribution is 7.90. The predicted octanol–water partition coefficient (Wildman–Crippen LogP) is 4.46. The van der Waals surface area contributed by atoms with Crippen molar-refractivity contribution < 1.29 is 17.9 Å². The maximum Gasteiger partial charge on any atom is 0.286 e. The van der Waals surface area contributed by atoms with E-state index in [1.165, 1.54) is 24.3 Å². The Hall–Kier alpha value is -3.56. The van der Waals surface area contributed by atoms with Crippen molar-refractivity contribution in [2.45, 2.75) is 11.4 Å². The molecule has 10 heteroatoms. The molecule has 0 saturated carbocycles. The Balaban J connectivity index is 1.71. The quantitative estimate of drug-likeness (QED) is 0.394. The van der Waals surface area contributed by atoms with Crippen LogP contribution in [0.3, 0.4) is 0 Å². The van der Waals surface area contributed by atoms with Crippen LogP contribution in [0.25, 0.3) is 11.4 Å². The summed E-state index contributed by atoms with van der Waals surface area (Å²) in [5, 5.41) is 7.83. The number of nitrogens with zero attached hydrogens (tertiary/aromatic N) is 3. The van der Waals surface area contributed by atoms with Crippen LogP contribution < -0.4 is 14.8 Å². The number of rotatable bonds is 8. The summed E-state index contributed by atoms with van der Waals surface area (Å²) in [6.45, 7) is 0.334. The summed E-state index contributed by atoms with van der Waals surface area (Å²) in [6.07, 6.45) is 0. The fraction of sp³-hybridized carbons (Fsp3) is 0.130. The smallest absolute Gasteiger partial charge is 0.286 e. The van der Waals surface area contributed by atoms with Crippen molar-refractivity contribution in [2.24, 2.45) is 0 Å². The van der Waals surface area contributed by atoms with Gasteiger partial charge in [0.15, 0.2) is 5.82 Å². The number of methoxy groups -OCH3 is 2. The normalized spacial score (nSPS) is 11.2. The number of hydrogen-bond donors (Lipinski definition) is 1. The van der Waals surface area contributed by atoms with Gasteiger partial charge in [0.1, 0.15) is 11.5 Å². The maximum absolute atomic E-state index is 13.3. The van der Waals surface area contributed by atoms with Gasteiger partial charge in [0.05, 0.1) is 19.1 Å². The third-order valence-electron chi connectivity index (χ3n) is 4.88. The lowest BCUT2D eigenvalue weighted by Gasteiger charge is -2.09. The average Bonchev–Trinajstić information content (AvgIpc) is 3.28. The van der Waals surface area contributed by atoms with Crippen LogP contribution in [-0.2, 0) is 16.6 Å². The molecule has 33 heavy (non-hydrogen) atoms. The second-order valence-corrected chi connectivity index (χ2v) is 9.19. The molecule has 4 rings (SSSR count). The highest BCUT2D eigenvalue weighted by atomic mass is 35.5. The standard InChI is InChI=1S/C23H21ClN4O4S/c1-31-19-9-3-16(4-10-19)15-25-23-26-22(17-5-11-20(32-2)12-6-17)27-28(23)33(29,30)21-13-7-18(24)8-14-21/h3-14H,15H2,1-2H3,(H,25,26,27). The lowest BCUT2D eigenvalue weighted by atomic mass is 10.2. The molecule has 0 bridgehead atoms. The highest BCUT2D eigenvalue weighted by Gasteiger charge is 2.24. The summed E-state index contributed by atoms with van der Waals surface area (Å²) in [4.78, 5) is 4.51. The lowest BCUT2D eigenvalue weighted by Crippen LogP contribution is -2.18. The molecule has 0 atom stereocenters. The van der Waals surface area contributed by atoms with Crippen molar-refractivity contribution in [3.8, 4) is 22.9 Å². The molecule has 3 aromatic carbocycles. The highest BCUT2D eigenvalue weighted by Crippen LogP contribution is 2.25. The van der Waals surface area contributed by atoms with Crippen LogP contribution in [0.2, 0.25) is 5.02 Å². The van der Waals surface area contributed by atoms with E-state index < -0.39 is 10.0 Å². The van der Waals surface area contributed by atoms with Crippen LogP contribution >= 0.6 is 11.6 Å². The van der Waals surface area contributed by atoms with Crippen LogP contribution in [0.1, 0.15) is 5.56 Å². The average molecular weight is 485 g/mol. The van der Waals surface area contributed by atoms with Crippen LogP contribution in [0.15, 0.2) is 77.7 Å². The van der Waals surface area contributed by atoms with Gasteiger partial charge in [0.25, 0.3) is 10.0 Å². The zero-order valence-corrected chi connectivity index (χ0v) is 19.5. The fourth-order valence-corrected chi connectivity index (χ4v) is 4.39. The Morgan fingerprint density at radius 1 is 0.879 bits per heavy atom. The molecule has 0 aliphatic rings. The summed E-state index contributed by atoms with van der Waals surface area (Å²) >= 11 is 5.93. The minimum absolute atomic E-state index is 0.0468. The molecule has 0 fully saturated rings. The zero-order chi connectivity index (χ0) is 23.4. The molecule has 0 unspecified atom stereocenters. The number of nitrogens with one attached hydrogen (secondary N) is 1. The van der Waals surface area contributed by atoms with E-state index in [9.17, 15) is 8.42 Å². The van der Waals surface area contributed by atoms with Crippen molar-refractivity contribution in [3.63, 3.8) is 0 Å². The van der Waals surface area contributed by atoms with Crippen LogP contribution in [0.5, 0.6) is 11.5 Å². The molecule has 1 aromatic heterocycles. The molecule has 0 radical (unpaired) electrons. The summed E-state index contributed by atoms with van der Waals surface area (Å²) < 4.78 is 38.0. The van der Waals surface area contributed by atoms with Crippen molar-refractivity contribution in [3.05, 3.63) is 83.4 Å². The van der Waals surface area contributed by atoms with E-state index in [1.54, 1.807) is 38.5 Å². The molecular formula is C23H21ClN4O4S. The Bertz CT molecular complexity index is 1340. The third-order valence-corrected chi connectivity index (χ3v) is 6.71. The fourth-order valence-electron chi connectivity index (χ4n) is 3.07. The molecule has 1 heterocycles. The number of ether oxygens (including phenoxy) is 2. The third kappa shape index (κ3) is 4.94. The van der Waals surface area contributed by atoms with Crippen molar-refractivity contribution in [1.29, 1.82) is 0 Å². The summed E-state index contributed by atoms with van der Waals surface area (Å²) in [7, 11) is -0.858. The number of aromatic nitrogens is 3. The number of anilines is 1. The molecule has 1 N–H and O–H groups in total. The Morgan fingerprint density at radius 3 is 2.03 bits per heavy atom. The summed E-state index contributed by atoms with van der Waals surface area (Å²) in [6, 6.07) is 20.3. The summed E-state index contributed by atoms with van der Waals surface area (Å²) in [5.41, 5.74) is 1.56. The van der Waals surface area contributed by atoms with E-state index in [2.05, 4.69) is 15.4 Å². The first-order valence-electron chi connectivity index (χ1n) is 9.90. The monoisotopic (exact) mass is 484 g/mol.